The first-order valence-corrected chi connectivity index (χ1v) is 6.80. The van der Waals surface area contributed by atoms with Crippen LogP contribution in [0.2, 0.25) is 0 Å². The van der Waals surface area contributed by atoms with Crippen molar-refractivity contribution < 1.29 is 9.90 Å². The molecule has 1 N–H and O–H groups in total. The van der Waals surface area contributed by atoms with E-state index in [2.05, 4.69) is 4.98 Å². The molecule has 0 spiro atoms. The number of carbonyl (C=O) groups is 1. The maximum absolute atomic E-state index is 11.0. The Balaban J connectivity index is 2.26. The molecular weight excluding hydrogens is 254 g/mol. The first kappa shape index (κ1) is 12.1. The predicted molar refractivity (Wildman–Crippen MR) is 69.0 cm³/mol. The van der Waals surface area contributed by atoms with Gasteiger partial charge in [-0.3, -0.25) is 0 Å². The fourth-order valence-corrected chi connectivity index (χ4v) is 3.45. The first-order valence-electron chi connectivity index (χ1n) is 5.16. The summed E-state index contributed by atoms with van der Waals surface area (Å²) in [5.74, 6) is -0.890. The second-order valence-corrected chi connectivity index (χ2v) is 5.65. The maximum atomic E-state index is 11.0. The molecule has 1 aromatic carbocycles. The topological polar surface area (TPSA) is 50.2 Å². The van der Waals surface area contributed by atoms with E-state index in [4.69, 9.17) is 5.11 Å². The number of hydrogen-bond acceptors (Lipinski definition) is 4. The van der Waals surface area contributed by atoms with Gasteiger partial charge in [0.25, 0.3) is 0 Å². The summed E-state index contributed by atoms with van der Waals surface area (Å²) in [7, 11) is 0. The van der Waals surface area contributed by atoms with E-state index in [1.807, 2.05) is 37.3 Å². The Bertz CT molecular complexity index is 523. The molecule has 5 heteroatoms. The van der Waals surface area contributed by atoms with E-state index in [9.17, 15) is 4.79 Å². The zero-order valence-electron chi connectivity index (χ0n) is 9.21. The van der Waals surface area contributed by atoms with Gasteiger partial charge in [0.15, 0.2) is 4.34 Å². The Hall–Kier alpha value is -1.33. The molecular formula is C12H11NO2S2. The molecule has 1 heterocycles. The van der Waals surface area contributed by atoms with Crippen LogP contribution < -0.4 is 0 Å². The van der Waals surface area contributed by atoms with Crippen molar-refractivity contribution in [2.45, 2.75) is 22.6 Å². The molecule has 0 aliphatic heterocycles. The van der Waals surface area contributed by atoms with Gasteiger partial charge in [-0.1, -0.05) is 36.9 Å². The summed E-state index contributed by atoms with van der Waals surface area (Å²) < 4.78 is 0.783. The van der Waals surface area contributed by atoms with Crippen molar-refractivity contribution >= 4 is 29.1 Å². The summed E-state index contributed by atoms with van der Waals surface area (Å²) in [5, 5.41) is 9.04. The average Bonchev–Trinajstić information content (AvgIpc) is 2.73. The van der Waals surface area contributed by atoms with E-state index in [1.165, 1.54) is 23.1 Å². The third kappa shape index (κ3) is 2.87. The SMILES string of the molecule is CCc1nc(Sc2ccccc2)sc1C(=O)O. The van der Waals surface area contributed by atoms with E-state index in [0.29, 0.717) is 17.0 Å². The van der Waals surface area contributed by atoms with Gasteiger partial charge in [-0.15, -0.1) is 11.3 Å². The van der Waals surface area contributed by atoms with Crippen LogP contribution in [-0.2, 0) is 6.42 Å². The molecule has 0 saturated heterocycles. The molecule has 0 amide bonds. The molecule has 1 aromatic heterocycles. The molecule has 17 heavy (non-hydrogen) atoms. The van der Waals surface area contributed by atoms with Gasteiger partial charge in [-0.25, -0.2) is 9.78 Å². The highest BCUT2D eigenvalue weighted by atomic mass is 32.2. The number of nitrogens with zero attached hydrogens (tertiary/aromatic N) is 1. The first-order chi connectivity index (χ1) is 8.20. The van der Waals surface area contributed by atoms with E-state index in [0.717, 1.165) is 9.24 Å². The van der Waals surface area contributed by atoms with Gasteiger partial charge < -0.3 is 5.11 Å². The standard InChI is InChI=1S/C12H11NO2S2/c1-2-9-10(11(14)15)17-12(13-9)16-8-6-4-3-5-7-8/h3-7H,2H2,1H3,(H,14,15). The van der Waals surface area contributed by atoms with Crippen LogP contribution >= 0.6 is 23.1 Å². The van der Waals surface area contributed by atoms with Gasteiger partial charge >= 0.3 is 5.97 Å². The van der Waals surface area contributed by atoms with Crippen LogP contribution in [-0.4, -0.2) is 16.1 Å². The van der Waals surface area contributed by atoms with Crippen molar-refractivity contribution in [3.8, 4) is 0 Å². The highest BCUT2D eigenvalue weighted by Crippen LogP contribution is 2.33. The van der Waals surface area contributed by atoms with Crippen molar-refractivity contribution in [3.63, 3.8) is 0 Å². The summed E-state index contributed by atoms with van der Waals surface area (Å²) >= 11 is 2.74. The Labute approximate surface area is 108 Å². The lowest BCUT2D eigenvalue weighted by Crippen LogP contribution is -1.97. The van der Waals surface area contributed by atoms with Gasteiger partial charge in [-0.2, -0.15) is 0 Å². The number of aromatic nitrogens is 1. The minimum Gasteiger partial charge on any atom is -0.477 e. The van der Waals surface area contributed by atoms with E-state index >= 15 is 0 Å². The van der Waals surface area contributed by atoms with Crippen molar-refractivity contribution in [1.29, 1.82) is 0 Å². The molecule has 0 unspecified atom stereocenters. The number of hydrogen-bond donors (Lipinski definition) is 1. The summed E-state index contributed by atoms with van der Waals surface area (Å²) in [6.07, 6.45) is 0.646. The minimum absolute atomic E-state index is 0.353. The monoisotopic (exact) mass is 265 g/mol. The Morgan fingerprint density at radius 2 is 2.12 bits per heavy atom. The molecule has 0 bridgehead atoms. The number of rotatable bonds is 4. The quantitative estimate of drug-likeness (QED) is 0.918. The Morgan fingerprint density at radius 1 is 1.41 bits per heavy atom. The second-order valence-electron chi connectivity index (χ2n) is 3.33. The van der Waals surface area contributed by atoms with Crippen LogP contribution in [0.15, 0.2) is 39.6 Å². The average molecular weight is 265 g/mol. The Morgan fingerprint density at radius 3 is 2.65 bits per heavy atom. The zero-order valence-corrected chi connectivity index (χ0v) is 10.8. The molecule has 0 aliphatic rings. The van der Waals surface area contributed by atoms with Gasteiger partial charge in [0.1, 0.15) is 4.88 Å². The molecule has 0 saturated carbocycles. The van der Waals surface area contributed by atoms with Crippen LogP contribution in [0.3, 0.4) is 0 Å². The van der Waals surface area contributed by atoms with Crippen molar-refractivity contribution in [3.05, 3.63) is 40.9 Å². The minimum atomic E-state index is -0.890. The number of carboxylic acids is 1. The van der Waals surface area contributed by atoms with Crippen molar-refractivity contribution in [2.75, 3.05) is 0 Å². The normalized spacial score (nSPS) is 10.4. The molecule has 88 valence electrons. The molecule has 3 nitrogen and oxygen atoms in total. The highest BCUT2D eigenvalue weighted by Gasteiger charge is 2.16. The zero-order chi connectivity index (χ0) is 12.3. The van der Waals surface area contributed by atoms with Crippen molar-refractivity contribution in [2.24, 2.45) is 0 Å². The molecule has 0 atom stereocenters. The fourth-order valence-electron chi connectivity index (χ4n) is 1.37. The number of aromatic carboxylic acids is 1. The fraction of sp³-hybridized carbons (Fsp3) is 0.167. The second kappa shape index (κ2) is 5.33. The van der Waals surface area contributed by atoms with Gasteiger partial charge in [0.05, 0.1) is 5.69 Å². The van der Waals surface area contributed by atoms with E-state index < -0.39 is 5.97 Å². The molecule has 2 aromatic rings. The van der Waals surface area contributed by atoms with Crippen LogP contribution in [0.5, 0.6) is 0 Å². The van der Waals surface area contributed by atoms with Crippen molar-refractivity contribution in [1.82, 2.24) is 4.98 Å². The van der Waals surface area contributed by atoms with E-state index in [-0.39, 0.29) is 0 Å². The van der Waals surface area contributed by atoms with Crippen LogP contribution in [0, 0.1) is 0 Å². The summed E-state index contributed by atoms with van der Waals surface area (Å²) in [5.41, 5.74) is 0.668. The molecule has 0 aliphatic carbocycles. The number of thiazole rings is 1. The predicted octanol–water partition coefficient (Wildman–Crippen LogP) is 3.55. The van der Waals surface area contributed by atoms with Gasteiger partial charge in [0, 0.05) is 4.90 Å². The summed E-state index contributed by atoms with van der Waals surface area (Å²) in [6.45, 7) is 1.92. The Kier molecular flexibility index (Phi) is 3.81. The number of benzene rings is 1. The largest absolute Gasteiger partial charge is 0.477 e. The molecule has 2 rings (SSSR count). The third-order valence-electron chi connectivity index (χ3n) is 2.16. The molecule has 0 fully saturated rings. The van der Waals surface area contributed by atoms with Crippen LogP contribution in [0.1, 0.15) is 22.3 Å². The van der Waals surface area contributed by atoms with Crippen LogP contribution in [0.4, 0.5) is 0 Å². The smallest absolute Gasteiger partial charge is 0.347 e. The summed E-state index contributed by atoms with van der Waals surface area (Å²) in [6, 6.07) is 9.83. The van der Waals surface area contributed by atoms with E-state index in [1.54, 1.807) is 0 Å². The van der Waals surface area contributed by atoms with Gasteiger partial charge in [0.2, 0.25) is 0 Å². The number of carboxylic acid groups (broad SMARTS) is 1. The lowest BCUT2D eigenvalue weighted by atomic mass is 10.3. The summed E-state index contributed by atoms with van der Waals surface area (Å²) in [4.78, 5) is 16.8. The third-order valence-corrected chi connectivity index (χ3v) is 4.31. The maximum Gasteiger partial charge on any atom is 0.347 e. The van der Waals surface area contributed by atoms with Crippen LogP contribution in [0.25, 0.3) is 0 Å². The lowest BCUT2D eigenvalue weighted by Gasteiger charge is -1.94. The highest BCUT2D eigenvalue weighted by molar-refractivity contribution is 8.01. The number of aryl methyl sites for hydroxylation is 1. The molecule has 0 radical (unpaired) electrons. The lowest BCUT2D eigenvalue weighted by molar-refractivity contribution is 0.0701. The van der Waals surface area contributed by atoms with Gasteiger partial charge in [-0.05, 0) is 18.6 Å².